The lowest BCUT2D eigenvalue weighted by Crippen LogP contribution is -2.61. The van der Waals surface area contributed by atoms with Gasteiger partial charge in [-0.1, -0.05) is 18.2 Å². The SMILES string of the molecule is CCOc1ccccc1C=CC(=O)N1CC(C)(O)C1. The third-order valence-corrected chi connectivity index (χ3v) is 3.00. The van der Waals surface area contributed by atoms with Gasteiger partial charge in [-0.2, -0.15) is 0 Å². The van der Waals surface area contributed by atoms with Gasteiger partial charge in [-0.05, 0) is 26.0 Å². The molecule has 2 rings (SSSR count). The first kappa shape index (κ1) is 13.6. The zero-order chi connectivity index (χ0) is 13.9. The number of rotatable bonds is 4. The fraction of sp³-hybridized carbons (Fsp3) is 0.400. The van der Waals surface area contributed by atoms with Gasteiger partial charge in [0, 0.05) is 11.6 Å². The molecule has 1 aliphatic rings. The van der Waals surface area contributed by atoms with Gasteiger partial charge < -0.3 is 14.7 Å². The van der Waals surface area contributed by atoms with E-state index in [0.717, 1.165) is 11.3 Å². The largest absolute Gasteiger partial charge is 0.493 e. The number of amides is 1. The van der Waals surface area contributed by atoms with Crippen LogP contribution in [0, 0.1) is 0 Å². The summed E-state index contributed by atoms with van der Waals surface area (Å²) >= 11 is 0. The molecule has 0 spiro atoms. The molecule has 4 heteroatoms. The Balaban J connectivity index is 2.01. The Labute approximate surface area is 113 Å². The normalized spacial score (nSPS) is 17.3. The van der Waals surface area contributed by atoms with Crippen LogP contribution in [0.4, 0.5) is 0 Å². The molecule has 0 aliphatic carbocycles. The second kappa shape index (κ2) is 5.45. The predicted molar refractivity (Wildman–Crippen MR) is 73.8 cm³/mol. The minimum atomic E-state index is -0.729. The Hall–Kier alpha value is -1.81. The van der Waals surface area contributed by atoms with E-state index in [1.165, 1.54) is 6.08 Å². The van der Waals surface area contributed by atoms with E-state index in [9.17, 15) is 9.90 Å². The summed E-state index contributed by atoms with van der Waals surface area (Å²) in [7, 11) is 0. The Bertz CT molecular complexity index is 486. The molecule has 1 aromatic carbocycles. The summed E-state index contributed by atoms with van der Waals surface area (Å²) in [5.74, 6) is 0.683. The Kier molecular flexibility index (Phi) is 3.90. The van der Waals surface area contributed by atoms with Crippen LogP contribution in [0.15, 0.2) is 30.3 Å². The molecule has 0 unspecified atom stereocenters. The second-order valence-corrected chi connectivity index (χ2v) is 5.00. The molecule has 102 valence electrons. The number of carbonyl (C=O) groups excluding carboxylic acids is 1. The Morgan fingerprint density at radius 2 is 2.16 bits per heavy atom. The van der Waals surface area contributed by atoms with Gasteiger partial charge in [0.05, 0.1) is 25.3 Å². The van der Waals surface area contributed by atoms with Crippen LogP contribution in [-0.2, 0) is 4.79 Å². The highest BCUT2D eigenvalue weighted by molar-refractivity contribution is 5.92. The van der Waals surface area contributed by atoms with Crippen LogP contribution in [-0.4, -0.2) is 41.2 Å². The molecule has 1 heterocycles. The van der Waals surface area contributed by atoms with E-state index in [2.05, 4.69) is 0 Å². The van der Waals surface area contributed by atoms with Gasteiger partial charge in [0.25, 0.3) is 0 Å². The molecular formula is C15H19NO3. The van der Waals surface area contributed by atoms with Gasteiger partial charge in [-0.25, -0.2) is 0 Å². The van der Waals surface area contributed by atoms with Gasteiger partial charge in [0.2, 0.25) is 5.91 Å². The number of ether oxygens (including phenoxy) is 1. The molecule has 0 bridgehead atoms. The lowest BCUT2D eigenvalue weighted by molar-refractivity contribution is -0.146. The molecule has 0 radical (unpaired) electrons. The summed E-state index contributed by atoms with van der Waals surface area (Å²) in [6, 6.07) is 7.58. The molecular weight excluding hydrogens is 242 g/mol. The first-order valence-electron chi connectivity index (χ1n) is 6.43. The molecule has 1 amide bonds. The van der Waals surface area contributed by atoms with E-state index >= 15 is 0 Å². The molecule has 0 aromatic heterocycles. The highest BCUT2D eigenvalue weighted by Gasteiger charge is 2.38. The highest BCUT2D eigenvalue weighted by Crippen LogP contribution is 2.22. The standard InChI is InChI=1S/C15H19NO3/c1-3-19-13-7-5-4-6-12(13)8-9-14(17)16-10-15(2,18)11-16/h4-9,18H,3,10-11H2,1-2H3. The van der Waals surface area contributed by atoms with Gasteiger partial charge in [0.1, 0.15) is 5.75 Å². The number of benzene rings is 1. The Morgan fingerprint density at radius 3 is 2.79 bits per heavy atom. The summed E-state index contributed by atoms with van der Waals surface area (Å²) < 4.78 is 5.49. The molecule has 1 fully saturated rings. The zero-order valence-electron chi connectivity index (χ0n) is 11.3. The number of hydrogen-bond acceptors (Lipinski definition) is 3. The maximum atomic E-state index is 11.8. The van der Waals surface area contributed by atoms with E-state index in [4.69, 9.17) is 4.74 Å². The van der Waals surface area contributed by atoms with Gasteiger partial charge in [0.15, 0.2) is 0 Å². The first-order valence-corrected chi connectivity index (χ1v) is 6.43. The summed E-state index contributed by atoms with van der Waals surface area (Å²) in [6.45, 7) is 5.03. The van der Waals surface area contributed by atoms with Crippen molar-refractivity contribution in [1.29, 1.82) is 0 Å². The number of likely N-dealkylation sites (tertiary alicyclic amines) is 1. The van der Waals surface area contributed by atoms with Crippen LogP contribution in [0.2, 0.25) is 0 Å². The number of aliphatic hydroxyl groups is 1. The molecule has 0 atom stereocenters. The maximum absolute atomic E-state index is 11.8. The van der Waals surface area contributed by atoms with E-state index in [-0.39, 0.29) is 5.91 Å². The zero-order valence-corrected chi connectivity index (χ0v) is 11.3. The summed E-state index contributed by atoms with van der Waals surface area (Å²) in [4.78, 5) is 13.5. The van der Waals surface area contributed by atoms with E-state index in [1.807, 2.05) is 31.2 Å². The maximum Gasteiger partial charge on any atom is 0.246 e. The lowest BCUT2D eigenvalue weighted by Gasteiger charge is -2.43. The van der Waals surface area contributed by atoms with E-state index in [1.54, 1.807) is 17.9 Å². The number of hydrogen-bond donors (Lipinski definition) is 1. The molecule has 19 heavy (non-hydrogen) atoms. The number of para-hydroxylation sites is 1. The van der Waals surface area contributed by atoms with Crippen LogP contribution in [0.1, 0.15) is 19.4 Å². The first-order chi connectivity index (χ1) is 9.02. The van der Waals surface area contributed by atoms with Crippen molar-refractivity contribution in [2.24, 2.45) is 0 Å². The van der Waals surface area contributed by atoms with Crippen LogP contribution in [0.3, 0.4) is 0 Å². The van der Waals surface area contributed by atoms with Crippen molar-refractivity contribution >= 4 is 12.0 Å². The third-order valence-electron chi connectivity index (χ3n) is 3.00. The molecule has 1 aliphatic heterocycles. The molecule has 4 nitrogen and oxygen atoms in total. The number of nitrogens with zero attached hydrogens (tertiary/aromatic N) is 1. The number of β-amino-alcohol motifs (C(OH)–C–C–N with tert-alkyl or cyclic N) is 1. The topological polar surface area (TPSA) is 49.8 Å². The predicted octanol–water partition coefficient (Wildman–Crippen LogP) is 1.69. The van der Waals surface area contributed by atoms with Gasteiger partial charge >= 0.3 is 0 Å². The summed E-state index contributed by atoms with van der Waals surface area (Å²) in [5.41, 5.74) is 0.150. The van der Waals surface area contributed by atoms with Crippen LogP contribution >= 0.6 is 0 Å². The van der Waals surface area contributed by atoms with Crippen LogP contribution in [0.25, 0.3) is 6.08 Å². The van der Waals surface area contributed by atoms with Crippen LogP contribution in [0.5, 0.6) is 5.75 Å². The molecule has 1 N–H and O–H groups in total. The molecule has 0 saturated carbocycles. The van der Waals surface area contributed by atoms with Crippen molar-refractivity contribution in [2.45, 2.75) is 19.4 Å². The fourth-order valence-corrected chi connectivity index (χ4v) is 2.10. The minimum absolute atomic E-state index is 0.0853. The number of carbonyl (C=O) groups is 1. The molecule has 1 saturated heterocycles. The van der Waals surface area contributed by atoms with Crippen LogP contribution < -0.4 is 4.74 Å². The quantitative estimate of drug-likeness (QED) is 0.839. The Morgan fingerprint density at radius 1 is 1.47 bits per heavy atom. The van der Waals surface area contributed by atoms with Gasteiger partial charge in [-0.3, -0.25) is 4.79 Å². The van der Waals surface area contributed by atoms with E-state index in [0.29, 0.717) is 19.7 Å². The second-order valence-electron chi connectivity index (χ2n) is 5.00. The third kappa shape index (κ3) is 3.35. The van der Waals surface area contributed by atoms with Crippen molar-refractivity contribution in [1.82, 2.24) is 4.90 Å². The van der Waals surface area contributed by atoms with Crippen molar-refractivity contribution in [3.05, 3.63) is 35.9 Å². The summed E-state index contributed by atoms with van der Waals surface area (Å²) in [5, 5.41) is 9.59. The van der Waals surface area contributed by atoms with Crippen molar-refractivity contribution in [3.63, 3.8) is 0 Å². The summed E-state index contributed by atoms with van der Waals surface area (Å²) in [6.07, 6.45) is 3.27. The van der Waals surface area contributed by atoms with E-state index < -0.39 is 5.60 Å². The fourth-order valence-electron chi connectivity index (χ4n) is 2.10. The molecule has 1 aromatic rings. The average molecular weight is 261 g/mol. The monoisotopic (exact) mass is 261 g/mol. The average Bonchev–Trinajstić information content (AvgIpc) is 2.35. The minimum Gasteiger partial charge on any atom is -0.493 e. The van der Waals surface area contributed by atoms with Crippen molar-refractivity contribution in [3.8, 4) is 5.75 Å². The van der Waals surface area contributed by atoms with Crippen molar-refractivity contribution < 1.29 is 14.6 Å². The smallest absolute Gasteiger partial charge is 0.246 e. The highest BCUT2D eigenvalue weighted by atomic mass is 16.5. The van der Waals surface area contributed by atoms with Gasteiger partial charge in [-0.15, -0.1) is 0 Å². The lowest BCUT2D eigenvalue weighted by atomic mass is 9.97. The van der Waals surface area contributed by atoms with Crippen molar-refractivity contribution in [2.75, 3.05) is 19.7 Å².